The van der Waals surface area contributed by atoms with Gasteiger partial charge < -0.3 is 9.84 Å². The van der Waals surface area contributed by atoms with E-state index < -0.39 is 0 Å². The maximum Gasteiger partial charge on any atom is 0.119 e. The van der Waals surface area contributed by atoms with E-state index in [4.69, 9.17) is 4.74 Å². The van der Waals surface area contributed by atoms with Crippen LogP contribution in [0.1, 0.15) is 58.4 Å². The van der Waals surface area contributed by atoms with Crippen molar-refractivity contribution in [1.82, 2.24) is 0 Å². The molecule has 0 bridgehead atoms. The topological polar surface area (TPSA) is 29.5 Å². The second-order valence-electron chi connectivity index (χ2n) is 6.66. The third-order valence-corrected chi connectivity index (χ3v) is 4.90. The molecule has 1 N–H and O–H groups in total. The molecule has 0 spiro atoms. The molecule has 0 aromatic heterocycles. The predicted octanol–water partition coefficient (Wildman–Crippen LogP) is 4.30. The minimum Gasteiger partial charge on any atom is -0.494 e. The standard InChI is InChI=1S/C18H28O2/c1-4-18(2,3)15-8-10-16(11-9-15)20-13-12-14-6-5-7-17(14)19/h8-11,14,17,19H,4-7,12-13H2,1-3H3. The van der Waals surface area contributed by atoms with Gasteiger partial charge in [-0.15, -0.1) is 0 Å². The summed E-state index contributed by atoms with van der Waals surface area (Å²) in [5.41, 5.74) is 1.59. The summed E-state index contributed by atoms with van der Waals surface area (Å²) in [6, 6.07) is 8.47. The molecule has 1 aliphatic carbocycles. The Morgan fingerprint density at radius 3 is 2.45 bits per heavy atom. The number of aliphatic hydroxyl groups excluding tert-OH is 1. The Kier molecular flexibility index (Phi) is 5.09. The minimum absolute atomic E-state index is 0.105. The third-order valence-electron chi connectivity index (χ3n) is 4.90. The zero-order valence-corrected chi connectivity index (χ0v) is 13.1. The van der Waals surface area contributed by atoms with Gasteiger partial charge in [0.15, 0.2) is 0 Å². The van der Waals surface area contributed by atoms with E-state index in [-0.39, 0.29) is 11.5 Å². The van der Waals surface area contributed by atoms with Gasteiger partial charge in [-0.1, -0.05) is 39.3 Å². The summed E-state index contributed by atoms with van der Waals surface area (Å²) < 4.78 is 5.81. The Morgan fingerprint density at radius 2 is 1.90 bits per heavy atom. The van der Waals surface area contributed by atoms with Crippen LogP contribution in [0.4, 0.5) is 0 Å². The van der Waals surface area contributed by atoms with E-state index in [1.54, 1.807) is 0 Å². The van der Waals surface area contributed by atoms with Crippen LogP contribution in [0.25, 0.3) is 0 Å². The Labute approximate surface area is 123 Å². The Bertz CT molecular complexity index is 408. The van der Waals surface area contributed by atoms with Gasteiger partial charge >= 0.3 is 0 Å². The fraction of sp³-hybridized carbons (Fsp3) is 0.667. The first-order valence-electron chi connectivity index (χ1n) is 7.94. The monoisotopic (exact) mass is 276 g/mol. The van der Waals surface area contributed by atoms with Gasteiger partial charge in [0, 0.05) is 0 Å². The van der Waals surface area contributed by atoms with Gasteiger partial charge in [-0.2, -0.15) is 0 Å². The van der Waals surface area contributed by atoms with E-state index in [0.29, 0.717) is 12.5 Å². The lowest BCUT2D eigenvalue weighted by atomic mass is 9.82. The van der Waals surface area contributed by atoms with Crippen LogP contribution < -0.4 is 4.74 Å². The Balaban J connectivity index is 1.82. The smallest absolute Gasteiger partial charge is 0.119 e. The van der Waals surface area contributed by atoms with Crippen LogP contribution in [0.15, 0.2) is 24.3 Å². The van der Waals surface area contributed by atoms with Crippen LogP contribution in [-0.2, 0) is 5.41 Å². The molecule has 2 rings (SSSR count). The lowest BCUT2D eigenvalue weighted by molar-refractivity contribution is 0.117. The molecule has 0 heterocycles. The molecular weight excluding hydrogens is 248 g/mol. The first kappa shape index (κ1) is 15.4. The van der Waals surface area contributed by atoms with Gasteiger partial charge in [0.2, 0.25) is 0 Å². The average Bonchev–Trinajstić information content (AvgIpc) is 2.85. The molecule has 20 heavy (non-hydrogen) atoms. The summed E-state index contributed by atoms with van der Waals surface area (Å²) in [6.07, 6.45) is 5.26. The quantitative estimate of drug-likeness (QED) is 0.839. The maximum atomic E-state index is 9.78. The van der Waals surface area contributed by atoms with Crippen molar-refractivity contribution in [3.8, 4) is 5.75 Å². The highest BCUT2D eigenvalue weighted by Crippen LogP contribution is 2.30. The van der Waals surface area contributed by atoms with E-state index >= 15 is 0 Å². The molecule has 1 aromatic rings. The predicted molar refractivity (Wildman–Crippen MR) is 83.2 cm³/mol. The molecule has 1 fully saturated rings. The van der Waals surface area contributed by atoms with Crippen LogP contribution in [-0.4, -0.2) is 17.8 Å². The number of aliphatic hydroxyl groups is 1. The van der Waals surface area contributed by atoms with Crippen LogP contribution in [0, 0.1) is 5.92 Å². The van der Waals surface area contributed by atoms with Crippen molar-refractivity contribution in [3.63, 3.8) is 0 Å². The fourth-order valence-corrected chi connectivity index (χ4v) is 2.89. The fourth-order valence-electron chi connectivity index (χ4n) is 2.89. The van der Waals surface area contributed by atoms with Crippen LogP contribution in [0.3, 0.4) is 0 Å². The van der Waals surface area contributed by atoms with Gasteiger partial charge in [0.1, 0.15) is 5.75 Å². The summed E-state index contributed by atoms with van der Waals surface area (Å²) in [6.45, 7) is 7.46. The average molecular weight is 276 g/mol. The van der Waals surface area contributed by atoms with E-state index in [2.05, 4.69) is 45.0 Å². The van der Waals surface area contributed by atoms with Crippen molar-refractivity contribution in [2.24, 2.45) is 5.92 Å². The molecule has 0 saturated heterocycles. The molecule has 1 saturated carbocycles. The SMILES string of the molecule is CCC(C)(C)c1ccc(OCCC2CCCC2O)cc1. The first-order chi connectivity index (χ1) is 9.53. The number of ether oxygens (including phenoxy) is 1. The number of rotatable bonds is 6. The normalized spacial score (nSPS) is 23.0. The molecule has 1 aliphatic rings. The van der Waals surface area contributed by atoms with E-state index in [9.17, 15) is 5.11 Å². The van der Waals surface area contributed by atoms with Crippen molar-refractivity contribution in [1.29, 1.82) is 0 Å². The molecular formula is C18H28O2. The molecule has 2 heteroatoms. The van der Waals surface area contributed by atoms with Gasteiger partial charge in [-0.25, -0.2) is 0 Å². The first-order valence-corrected chi connectivity index (χ1v) is 7.94. The lowest BCUT2D eigenvalue weighted by Crippen LogP contribution is -2.16. The van der Waals surface area contributed by atoms with Gasteiger partial charge in [0.25, 0.3) is 0 Å². The third kappa shape index (κ3) is 3.76. The second-order valence-corrected chi connectivity index (χ2v) is 6.66. The van der Waals surface area contributed by atoms with Crippen LogP contribution >= 0.6 is 0 Å². The Hall–Kier alpha value is -1.02. The van der Waals surface area contributed by atoms with Gasteiger partial charge in [0.05, 0.1) is 12.7 Å². The molecule has 0 amide bonds. The summed E-state index contributed by atoms with van der Waals surface area (Å²) in [5, 5.41) is 9.78. The zero-order valence-electron chi connectivity index (χ0n) is 13.1. The number of benzene rings is 1. The van der Waals surface area contributed by atoms with Crippen molar-refractivity contribution in [2.75, 3.05) is 6.61 Å². The van der Waals surface area contributed by atoms with Crippen molar-refractivity contribution in [2.45, 2.75) is 64.4 Å². The summed E-state index contributed by atoms with van der Waals surface area (Å²) >= 11 is 0. The van der Waals surface area contributed by atoms with Gasteiger partial charge in [-0.05, 0) is 54.7 Å². The molecule has 2 atom stereocenters. The summed E-state index contributed by atoms with van der Waals surface area (Å²) in [4.78, 5) is 0. The summed E-state index contributed by atoms with van der Waals surface area (Å²) in [5.74, 6) is 1.38. The van der Waals surface area contributed by atoms with E-state index in [1.807, 2.05) is 0 Å². The second kappa shape index (κ2) is 6.62. The van der Waals surface area contributed by atoms with E-state index in [0.717, 1.165) is 37.9 Å². The lowest BCUT2D eigenvalue weighted by Gasteiger charge is -2.23. The van der Waals surface area contributed by atoms with Gasteiger partial charge in [-0.3, -0.25) is 0 Å². The van der Waals surface area contributed by atoms with Crippen molar-refractivity contribution >= 4 is 0 Å². The van der Waals surface area contributed by atoms with Crippen LogP contribution in [0.5, 0.6) is 5.75 Å². The number of hydrogen-bond donors (Lipinski definition) is 1. The zero-order chi connectivity index (χ0) is 14.6. The van der Waals surface area contributed by atoms with Crippen LogP contribution in [0.2, 0.25) is 0 Å². The molecule has 0 radical (unpaired) electrons. The highest BCUT2D eigenvalue weighted by Gasteiger charge is 2.24. The van der Waals surface area contributed by atoms with E-state index in [1.165, 1.54) is 5.56 Å². The molecule has 2 nitrogen and oxygen atoms in total. The molecule has 112 valence electrons. The molecule has 0 aliphatic heterocycles. The summed E-state index contributed by atoms with van der Waals surface area (Å²) in [7, 11) is 0. The number of hydrogen-bond acceptors (Lipinski definition) is 2. The Morgan fingerprint density at radius 1 is 1.20 bits per heavy atom. The molecule has 1 aromatic carbocycles. The largest absolute Gasteiger partial charge is 0.494 e. The highest BCUT2D eigenvalue weighted by atomic mass is 16.5. The molecule has 2 unspecified atom stereocenters. The maximum absolute atomic E-state index is 9.78. The highest BCUT2D eigenvalue weighted by molar-refractivity contribution is 5.31. The minimum atomic E-state index is -0.105. The van der Waals surface area contributed by atoms with Crippen molar-refractivity contribution < 1.29 is 9.84 Å². The van der Waals surface area contributed by atoms with Crippen molar-refractivity contribution in [3.05, 3.63) is 29.8 Å².